The van der Waals surface area contributed by atoms with Crippen LogP contribution in [0.4, 0.5) is 5.69 Å². The Morgan fingerprint density at radius 2 is 1.66 bits per heavy atom. The van der Waals surface area contributed by atoms with Gasteiger partial charge in [-0.3, -0.25) is 19.2 Å². The molecule has 3 amide bonds. The smallest absolute Gasteiger partial charge is 0.308 e. The minimum atomic E-state index is -0.872. The Morgan fingerprint density at radius 3 is 2.21 bits per heavy atom. The maximum Gasteiger partial charge on any atom is 0.308 e. The minimum Gasteiger partial charge on any atom is -0.427 e. The molecule has 1 fully saturated rings. The van der Waals surface area contributed by atoms with Gasteiger partial charge in [-0.05, 0) is 36.8 Å². The summed E-state index contributed by atoms with van der Waals surface area (Å²) in [5.74, 6) is -1.25. The van der Waals surface area contributed by atoms with E-state index in [-0.39, 0.29) is 24.3 Å². The molecule has 0 aliphatic carbocycles. The number of nitrogens with zero attached hydrogens (tertiary/aromatic N) is 2. The van der Waals surface area contributed by atoms with Crippen LogP contribution >= 0.6 is 0 Å². The number of imide groups is 1. The number of esters is 1. The van der Waals surface area contributed by atoms with E-state index in [1.165, 1.54) is 43.0 Å². The van der Waals surface area contributed by atoms with Gasteiger partial charge in [0.25, 0.3) is 5.91 Å². The molecule has 150 valence electrons. The number of rotatable bonds is 5. The fraction of sp³-hybridized carbons (Fsp3) is 0.273. The van der Waals surface area contributed by atoms with Gasteiger partial charge in [0.15, 0.2) is 0 Å². The molecule has 2 aromatic rings. The van der Waals surface area contributed by atoms with E-state index in [0.29, 0.717) is 11.4 Å². The third-order valence-electron chi connectivity index (χ3n) is 4.88. The van der Waals surface area contributed by atoms with Crippen molar-refractivity contribution in [1.29, 1.82) is 0 Å². The largest absolute Gasteiger partial charge is 0.427 e. The van der Waals surface area contributed by atoms with Crippen LogP contribution in [-0.2, 0) is 19.2 Å². The highest BCUT2D eigenvalue weighted by Crippen LogP contribution is 2.31. The molecule has 3 rings (SSSR count). The van der Waals surface area contributed by atoms with Gasteiger partial charge in [-0.25, -0.2) is 4.90 Å². The summed E-state index contributed by atoms with van der Waals surface area (Å²) in [6.07, 6.45) is -0.0821. The first-order chi connectivity index (χ1) is 13.8. The van der Waals surface area contributed by atoms with Crippen LogP contribution in [-0.4, -0.2) is 34.6 Å². The van der Waals surface area contributed by atoms with Gasteiger partial charge in [-0.1, -0.05) is 30.3 Å². The van der Waals surface area contributed by atoms with E-state index >= 15 is 0 Å². The molecule has 7 heteroatoms. The molecular weight excluding hydrogens is 372 g/mol. The lowest BCUT2D eigenvalue weighted by Gasteiger charge is -2.32. The molecule has 1 heterocycles. The van der Waals surface area contributed by atoms with Crippen LogP contribution < -0.4 is 9.64 Å². The van der Waals surface area contributed by atoms with Gasteiger partial charge in [-0.15, -0.1) is 0 Å². The summed E-state index contributed by atoms with van der Waals surface area (Å²) in [6.45, 7) is 4.52. The van der Waals surface area contributed by atoms with E-state index in [2.05, 4.69) is 0 Å². The Labute approximate surface area is 168 Å². The zero-order valence-electron chi connectivity index (χ0n) is 16.5. The third-order valence-corrected chi connectivity index (χ3v) is 4.88. The lowest BCUT2D eigenvalue weighted by Crippen LogP contribution is -2.45. The zero-order valence-corrected chi connectivity index (χ0v) is 16.5. The summed E-state index contributed by atoms with van der Waals surface area (Å²) in [5, 5.41) is 0. The van der Waals surface area contributed by atoms with Crippen LogP contribution in [0.1, 0.15) is 38.8 Å². The molecule has 2 atom stereocenters. The van der Waals surface area contributed by atoms with E-state index in [9.17, 15) is 19.2 Å². The fourth-order valence-corrected chi connectivity index (χ4v) is 3.59. The van der Waals surface area contributed by atoms with Crippen LogP contribution in [0, 0.1) is 0 Å². The predicted octanol–water partition coefficient (Wildman–Crippen LogP) is 2.85. The van der Waals surface area contributed by atoms with Gasteiger partial charge in [-0.2, -0.15) is 0 Å². The van der Waals surface area contributed by atoms with E-state index in [4.69, 9.17) is 4.74 Å². The molecule has 0 aromatic heterocycles. The van der Waals surface area contributed by atoms with Crippen LogP contribution in [0.5, 0.6) is 5.75 Å². The van der Waals surface area contributed by atoms with Crippen molar-refractivity contribution in [2.45, 2.75) is 39.3 Å². The highest BCUT2D eigenvalue weighted by Gasteiger charge is 2.45. The average molecular weight is 394 g/mol. The Kier molecular flexibility index (Phi) is 5.77. The lowest BCUT2D eigenvalue weighted by atomic mass is 10.0. The lowest BCUT2D eigenvalue weighted by molar-refractivity contribution is -0.139. The molecule has 0 radical (unpaired) electrons. The van der Waals surface area contributed by atoms with Crippen molar-refractivity contribution in [3.05, 3.63) is 60.2 Å². The second-order valence-corrected chi connectivity index (χ2v) is 6.89. The summed E-state index contributed by atoms with van der Waals surface area (Å²) >= 11 is 0. The molecule has 7 nitrogen and oxygen atoms in total. The quantitative estimate of drug-likeness (QED) is 0.442. The third kappa shape index (κ3) is 4.18. The molecular formula is C22H22N2O5. The molecule has 1 saturated heterocycles. The Hall–Kier alpha value is -3.48. The zero-order chi connectivity index (χ0) is 21.1. The van der Waals surface area contributed by atoms with Crippen molar-refractivity contribution in [2.24, 2.45) is 0 Å². The summed E-state index contributed by atoms with van der Waals surface area (Å²) in [4.78, 5) is 51.7. The molecule has 2 aromatic carbocycles. The molecule has 0 saturated carbocycles. The summed E-state index contributed by atoms with van der Waals surface area (Å²) < 4.78 is 4.98. The number of carbonyl (C=O) groups excluding carboxylic acids is 4. The number of hydrogen-bond donors (Lipinski definition) is 0. The van der Waals surface area contributed by atoms with Crippen molar-refractivity contribution in [3.63, 3.8) is 0 Å². The van der Waals surface area contributed by atoms with Crippen LogP contribution in [0.3, 0.4) is 0 Å². The fourth-order valence-electron chi connectivity index (χ4n) is 3.59. The first-order valence-corrected chi connectivity index (χ1v) is 9.28. The van der Waals surface area contributed by atoms with Crippen LogP contribution in [0.25, 0.3) is 0 Å². The highest BCUT2D eigenvalue weighted by atomic mass is 16.5. The average Bonchev–Trinajstić information content (AvgIpc) is 2.96. The van der Waals surface area contributed by atoms with E-state index in [1.807, 2.05) is 37.3 Å². The molecule has 1 aliphatic rings. The summed E-state index contributed by atoms with van der Waals surface area (Å²) in [5.41, 5.74) is 1.25. The SMILES string of the molecule is CC(=O)Oc1ccc(N2C(=O)CC(N(C(C)=O)C(C)c3ccccc3)C2=O)cc1. The predicted molar refractivity (Wildman–Crippen MR) is 106 cm³/mol. The Balaban J connectivity index is 1.86. The molecule has 29 heavy (non-hydrogen) atoms. The van der Waals surface area contributed by atoms with E-state index in [0.717, 1.165) is 10.5 Å². The highest BCUT2D eigenvalue weighted by molar-refractivity contribution is 6.23. The minimum absolute atomic E-state index is 0.0821. The maximum atomic E-state index is 13.1. The Bertz CT molecular complexity index is 939. The monoisotopic (exact) mass is 394 g/mol. The number of carbonyl (C=O) groups is 4. The first kappa shape index (κ1) is 20.3. The van der Waals surface area contributed by atoms with E-state index in [1.54, 1.807) is 0 Å². The molecule has 2 unspecified atom stereocenters. The van der Waals surface area contributed by atoms with Crippen molar-refractivity contribution in [1.82, 2.24) is 4.90 Å². The van der Waals surface area contributed by atoms with Gasteiger partial charge >= 0.3 is 5.97 Å². The van der Waals surface area contributed by atoms with Gasteiger partial charge < -0.3 is 9.64 Å². The normalized spacial score (nSPS) is 17.2. The number of ether oxygens (including phenoxy) is 1. The van der Waals surface area contributed by atoms with Gasteiger partial charge in [0.05, 0.1) is 18.2 Å². The molecule has 0 bridgehead atoms. The van der Waals surface area contributed by atoms with Crippen LogP contribution in [0.15, 0.2) is 54.6 Å². The van der Waals surface area contributed by atoms with Gasteiger partial charge in [0.1, 0.15) is 11.8 Å². The van der Waals surface area contributed by atoms with Gasteiger partial charge in [0, 0.05) is 13.8 Å². The van der Waals surface area contributed by atoms with Crippen molar-refractivity contribution >= 4 is 29.4 Å². The standard InChI is InChI=1S/C22H22N2O5/c1-14(17-7-5-4-6-8-17)23(15(2)25)20-13-21(27)24(22(20)28)18-9-11-19(12-10-18)29-16(3)26/h4-12,14,20H,13H2,1-3H3. The van der Waals surface area contributed by atoms with Gasteiger partial charge in [0.2, 0.25) is 11.8 Å². The number of hydrogen-bond acceptors (Lipinski definition) is 5. The molecule has 1 aliphatic heterocycles. The summed E-state index contributed by atoms with van der Waals surface area (Å²) in [6, 6.07) is 14.2. The number of amides is 3. The van der Waals surface area contributed by atoms with Crippen molar-refractivity contribution in [2.75, 3.05) is 4.90 Å². The van der Waals surface area contributed by atoms with Crippen LogP contribution in [0.2, 0.25) is 0 Å². The Morgan fingerprint density at radius 1 is 1.03 bits per heavy atom. The van der Waals surface area contributed by atoms with Crippen molar-refractivity contribution < 1.29 is 23.9 Å². The number of anilines is 1. The first-order valence-electron chi connectivity index (χ1n) is 9.28. The number of benzene rings is 2. The second-order valence-electron chi connectivity index (χ2n) is 6.89. The maximum absolute atomic E-state index is 13.1. The topological polar surface area (TPSA) is 84.0 Å². The van der Waals surface area contributed by atoms with E-state index < -0.39 is 17.9 Å². The van der Waals surface area contributed by atoms with Crippen molar-refractivity contribution in [3.8, 4) is 5.75 Å². The summed E-state index contributed by atoms with van der Waals surface area (Å²) in [7, 11) is 0. The molecule has 0 spiro atoms. The molecule has 0 N–H and O–H groups in total. The second kappa shape index (κ2) is 8.26.